The highest BCUT2D eigenvalue weighted by atomic mass is 19.3. The van der Waals surface area contributed by atoms with Crippen LogP contribution >= 0.6 is 0 Å². The van der Waals surface area contributed by atoms with Crippen molar-refractivity contribution in [3.05, 3.63) is 66.4 Å². The molecular weight excluding hydrogens is 552 g/mol. The number of fused-ring (bicyclic) bond motifs is 2. The molecule has 2 fully saturated rings. The maximum Gasteiger partial charge on any atom is 0.318 e. The molecule has 0 saturated carbocycles. The van der Waals surface area contributed by atoms with Crippen molar-refractivity contribution in [2.24, 2.45) is 0 Å². The minimum Gasteiger partial charge on any atom is -0.462 e. The molecule has 9 nitrogen and oxygen atoms in total. The third kappa shape index (κ3) is 5.84. The number of amides is 1. The molecule has 224 valence electrons. The summed E-state index contributed by atoms with van der Waals surface area (Å²) in [5.74, 6) is -2.23. The standard InChI is InChI=1S/C32H35F2N7O2/c1-3-29(42)41-16-15-40(18-23(41)11-13-35)30-26-12-14-39(28-10-6-8-22-7-4-5-9-25(22)28)19-27(26)36-31(37-30)43-20-24-17-32(33,34)21-38(24)2/h3-10,23-24H,1,11-12,14-21H2,2H3/t23-,24?/m0/s1. The third-order valence-electron chi connectivity index (χ3n) is 8.74. The van der Waals surface area contributed by atoms with Gasteiger partial charge in [0.2, 0.25) is 5.91 Å². The number of anilines is 2. The maximum atomic E-state index is 14.0. The first-order valence-electron chi connectivity index (χ1n) is 14.6. The van der Waals surface area contributed by atoms with Gasteiger partial charge in [-0.1, -0.05) is 43.0 Å². The molecule has 2 atom stereocenters. The number of carbonyl (C=O) groups excluding carboxylic acids is 1. The average Bonchev–Trinajstić information content (AvgIpc) is 3.29. The predicted molar refractivity (Wildman–Crippen MR) is 160 cm³/mol. The first-order chi connectivity index (χ1) is 20.8. The molecular formula is C32H35F2N7O2. The van der Waals surface area contributed by atoms with E-state index in [0.717, 1.165) is 40.1 Å². The van der Waals surface area contributed by atoms with Gasteiger partial charge in [-0.05, 0) is 31.0 Å². The van der Waals surface area contributed by atoms with E-state index in [1.807, 2.05) is 12.1 Å². The molecule has 1 aromatic heterocycles. The molecule has 0 bridgehead atoms. The first kappa shape index (κ1) is 28.8. The molecule has 11 heteroatoms. The fraction of sp³-hybridized carbons (Fsp3) is 0.438. The topological polar surface area (TPSA) is 88.8 Å². The van der Waals surface area contributed by atoms with E-state index < -0.39 is 12.0 Å². The Bertz CT molecular complexity index is 1570. The summed E-state index contributed by atoms with van der Waals surface area (Å²) in [4.78, 5) is 29.9. The first-order valence-corrected chi connectivity index (χ1v) is 14.6. The Morgan fingerprint density at radius 2 is 1.95 bits per heavy atom. The van der Waals surface area contributed by atoms with Crippen LogP contribution in [0.4, 0.5) is 20.3 Å². The van der Waals surface area contributed by atoms with E-state index in [4.69, 9.17) is 14.7 Å². The summed E-state index contributed by atoms with van der Waals surface area (Å²) in [6, 6.07) is 16.1. The van der Waals surface area contributed by atoms with Crippen LogP contribution in [0.2, 0.25) is 0 Å². The summed E-state index contributed by atoms with van der Waals surface area (Å²) in [5.41, 5.74) is 2.95. The lowest BCUT2D eigenvalue weighted by molar-refractivity contribution is -0.128. The zero-order valence-corrected chi connectivity index (χ0v) is 24.3. The summed E-state index contributed by atoms with van der Waals surface area (Å²) in [7, 11) is 1.68. The van der Waals surface area contributed by atoms with Crippen molar-refractivity contribution in [1.29, 1.82) is 5.26 Å². The Kier molecular flexibility index (Phi) is 7.88. The van der Waals surface area contributed by atoms with Crippen LogP contribution in [-0.2, 0) is 17.8 Å². The minimum atomic E-state index is -2.75. The fourth-order valence-corrected chi connectivity index (χ4v) is 6.56. The third-order valence-corrected chi connectivity index (χ3v) is 8.74. The number of aromatic nitrogens is 2. The van der Waals surface area contributed by atoms with Gasteiger partial charge < -0.3 is 19.4 Å². The number of nitriles is 1. The van der Waals surface area contributed by atoms with E-state index in [1.54, 1.807) is 16.8 Å². The van der Waals surface area contributed by atoms with Crippen molar-refractivity contribution in [3.8, 4) is 12.1 Å². The number of likely N-dealkylation sites (N-methyl/N-ethyl adjacent to an activating group) is 1. The predicted octanol–water partition coefficient (Wildman–Crippen LogP) is 4.03. The highest BCUT2D eigenvalue weighted by Crippen LogP contribution is 2.35. The number of nitrogens with zero attached hydrogens (tertiary/aromatic N) is 7. The molecule has 2 aromatic carbocycles. The second kappa shape index (κ2) is 11.8. The molecule has 3 aromatic rings. The van der Waals surface area contributed by atoms with Gasteiger partial charge in [0, 0.05) is 55.3 Å². The second-order valence-electron chi connectivity index (χ2n) is 11.6. The van der Waals surface area contributed by atoms with Crippen LogP contribution in [0.5, 0.6) is 6.01 Å². The van der Waals surface area contributed by atoms with Crippen LogP contribution in [0.3, 0.4) is 0 Å². The molecule has 1 amide bonds. The van der Waals surface area contributed by atoms with Crippen molar-refractivity contribution in [1.82, 2.24) is 19.8 Å². The second-order valence-corrected chi connectivity index (χ2v) is 11.6. The van der Waals surface area contributed by atoms with Crippen molar-refractivity contribution < 1.29 is 18.3 Å². The minimum absolute atomic E-state index is 0.0516. The summed E-state index contributed by atoms with van der Waals surface area (Å²) in [5, 5.41) is 11.8. The average molecular weight is 588 g/mol. The SMILES string of the molecule is C=CC(=O)N1CCN(c2nc(OCC3CC(F)(F)CN3C)nc3c2CCN(c2cccc4ccccc24)C3)C[C@@H]1CC#N. The molecule has 3 aliphatic heterocycles. The van der Waals surface area contributed by atoms with E-state index >= 15 is 0 Å². The Morgan fingerprint density at radius 1 is 1.14 bits per heavy atom. The molecule has 0 N–H and O–H groups in total. The van der Waals surface area contributed by atoms with Crippen LogP contribution in [-0.4, -0.2) is 90.1 Å². The van der Waals surface area contributed by atoms with Gasteiger partial charge in [-0.2, -0.15) is 15.2 Å². The lowest BCUT2D eigenvalue weighted by Crippen LogP contribution is -2.55. The Hall–Kier alpha value is -4.30. The molecule has 0 spiro atoms. The van der Waals surface area contributed by atoms with E-state index in [2.05, 4.69) is 52.8 Å². The zero-order valence-electron chi connectivity index (χ0n) is 24.3. The van der Waals surface area contributed by atoms with Gasteiger partial charge in [0.1, 0.15) is 12.4 Å². The van der Waals surface area contributed by atoms with Gasteiger partial charge >= 0.3 is 6.01 Å². The van der Waals surface area contributed by atoms with Gasteiger partial charge in [0.05, 0.1) is 37.3 Å². The monoisotopic (exact) mass is 587 g/mol. The van der Waals surface area contributed by atoms with Crippen LogP contribution in [0, 0.1) is 11.3 Å². The van der Waals surface area contributed by atoms with Gasteiger partial charge in [0.25, 0.3) is 5.92 Å². The molecule has 3 aliphatic rings. The van der Waals surface area contributed by atoms with Crippen molar-refractivity contribution in [2.75, 3.05) is 56.2 Å². The van der Waals surface area contributed by atoms with Gasteiger partial charge in [-0.25, -0.2) is 8.78 Å². The van der Waals surface area contributed by atoms with Crippen LogP contribution < -0.4 is 14.5 Å². The molecule has 6 rings (SSSR count). The van der Waals surface area contributed by atoms with Crippen molar-refractivity contribution in [2.45, 2.75) is 43.8 Å². The lowest BCUT2D eigenvalue weighted by Gasteiger charge is -2.42. The Balaban J connectivity index is 1.32. The number of alkyl halides is 2. The van der Waals surface area contributed by atoms with Gasteiger partial charge in [0.15, 0.2) is 0 Å². The smallest absolute Gasteiger partial charge is 0.318 e. The number of rotatable bonds is 7. The molecule has 2 saturated heterocycles. The Labute approximate surface area is 250 Å². The van der Waals surface area contributed by atoms with Crippen molar-refractivity contribution >= 4 is 28.2 Å². The number of ether oxygens (including phenoxy) is 1. The number of hydrogen-bond donors (Lipinski definition) is 0. The van der Waals surface area contributed by atoms with E-state index in [-0.39, 0.29) is 44.0 Å². The highest BCUT2D eigenvalue weighted by molar-refractivity contribution is 5.94. The van der Waals surface area contributed by atoms with Gasteiger partial charge in [-0.15, -0.1) is 0 Å². The molecule has 4 heterocycles. The number of benzene rings is 2. The van der Waals surface area contributed by atoms with E-state index in [1.165, 1.54) is 6.08 Å². The summed E-state index contributed by atoms with van der Waals surface area (Å²) < 4.78 is 34.1. The maximum absolute atomic E-state index is 14.0. The van der Waals surface area contributed by atoms with Crippen LogP contribution in [0.1, 0.15) is 24.1 Å². The Morgan fingerprint density at radius 3 is 2.72 bits per heavy atom. The molecule has 1 unspecified atom stereocenters. The summed E-state index contributed by atoms with van der Waals surface area (Å²) in [6.45, 7) is 6.04. The number of hydrogen-bond acceptors (Lipinski definition) is 8. The van der Waals surface area contributed by atoms with E-state index in [9.17, 15) is 18.8 Å². The molecule has 43 heavy (non-hydrogen) atoms. The van der Waals surface area contributed by atoms with Crippen molar-refractivity contribution in [3.63, 3.8) is 0 Å². The molecule has 0 aliphatic carbocycles. The van der Waals surface area contributed by atoms with E-state index in [0.29, 0.717) is 32.6 Å². The zero-order chi connectivity index (χ0) is 30.1. The molecule has 0 radical (unpaired) electrons. The number of piperazine rings is 1. The van der Waals surface area contributed by atoms with Gasteiger partial charge in [-0.3, -0.25) is 9.69 Å². The van der Waals surface area contributed by atoms with Crippen LogP contribution in [0.15, 0.2) is 55.1 Å². The summed E-state index contributed by atoms with van der Waals surface area (Å²) >= 11 is 0. The quantitative estimate of drug-likeness (QED) is 0.383. The number of halogens is 2. The summed E-state index contributed by atoms with van der Waals surface area (Å²) in [6.07, 6.45) is 1.89. The van der Waals surface area contributed by atoms with Crippen LogP contribution in [0.25, 0.3) is 10.8 Å². The number of likely N-dealkylation sites (tertiary alicyclic amines) is 1. The largest absolute Gasteiger partial charge is 0.462 e. The fourth-order valence-electron chi connectivity index (χ4n) is 6.56. The number of carbonyl (C=O) groups is 1. The highest BCUT2D eigenvalue weighted by Gasteiger charge is 2.43. The lowest BCUT2D eigenvalue weighted by atomic mass is 10.0. The normalized spacial score (nSPS) is 21.9.